The molecule has 102 valence electrons. The van der Waals surface area contributed by atoms with Gasteiger partial charge in [-0.1, -0.05) is 12.0 Å². The molecule has 1 aromatic heterocycles. The van der Waals surface area contributed by atoms with Crippen LogP contribution in [-0.4, -0.2) is 9.13 Å². The lowest BCUT2D eigenvalue weighted by Crippen LogP contribution is -2.39. The monoisotopic (exact) mass is 268 g/mol. The van der Waals surface area contributed by atoms with Gasteiger partial charge in [-0.25, -0.2) is 0 Å². The Bertz CT molecular complexity index is 797. The minimum Gasteiger partial charge on any atom is -0.298 e. The van der Waals surface area contributed by atoms with Gasteiger partial charge >= 0.3 is 11.1 Å². The molecular formula is C16H16N2O2. The molecule has 1 aromatic carbocycles. The van der Waals surface area contributed by atoms with E-state index >= 15 is 0 Å². The van der Waals surface area contributed by atoms with Crippen molar-refractivity contribution in [3.8, 4) is 17.5 Å². The second kappa shape index (κ2) is 5.62. The zero-order valence-corrected chi connectivity index (χ0v) is 11.8. The van der Waals surface area contributed by atoms with Crippen molar-refractivity contribution < 1.29 is 0 Å². The summed E-state index contributed by atoms with van der Waals surface area (Å²) >= 11 is 0. The Balaban J connectivity index is 2.59. The molecule has 2 rings (SSSR count). The molecule has 0 saturated heterocycles. The van der Waals surface area contributed by atoms with Gasteiger partial charge in [0.1, 0.15) is 0 Å². The van der Waals surface area contributed by atoms with E-state index in [1.807, 2.05) is 32.0 Å². The van der Waals surface area contributed by atoms with E-state index in [0.29, 0.717) is 5.69 Å². The van der Waals surface area contributed by atoms with E-state index in [0.717, 1.165) is 11.1 Å². The third kappa shape index (κ3) is 2.72. The Kier molecular flexibility index (Phi) is 3.90. The third-order valence-corrected chi connectivity index (χ3v) is 2.97. The molecule has 0 aliphatic rings. The highest BCUT2D eigenvalue weighted by molar-refractivity contribution is 5.39. The lowest BCUT2D eigenvalue weighted by molar-refractivity contribution is 0.744. The Hall–Kier alpha value is -2.54. The summed E-state index contributed by atoms with van der Waals surface area (Å²) in [5.74, 6) is 5.48. The molecule has 1 heterocycles. The number of benzene rings is 1. The predicted octanol–water partition coefficient (Wildman–Crippen LogP) is 1.64. The lowest BCUT2D eigenvalue weighted by atomic mass is 10.1. The Morgan fingerprint density at radius 1 is 1.00 bits per heavy atom. The number of aromatic nitrogens is 2. The van der Waals surface area contributed by atoms with Crippen LogP contribution in [0.3, 0.4) is 0 Å². The first-order valence-electron chi connectivity index (χ1n) is 6.33. The standard InChI is InChI=1S/C16H16N2O2/c1-4-5-6-17-7-8-18(16(20)15(17)19)14-10-12(2)9-13(3)11-14/h7-11H,6H2,1-3H3. The Morgan fingerprint density at radius 2 is 1.65 bits per heavy atom. The van der Waals surface area contributed by atoms with Crippen LogP contribution in [-0.2, 0) is 6.54 Å². The number of aryl methyl sites for hydroxylation is 2. The van der Waals surface area contributed by atoms with E-state index in [2.05, 4.69) is 11.8 Å². The minimum atomic E-state index is -0.561. The van der Waals surface area contributed by atoms with Crippen molar-refractivity contribution in [2.45, 2.75) is 27.3 Å². The van der Waals surface area contributed by atoms with Crippen molar-refractivity contribution in [2.24, 2.45) is 0 Å². The largest absolute Gasteiger partial charge is 0.321 e. The van der Waals surface area contributed by atoms with Crippen LogP contribution in [0, 0.1) is 25.7 Å². The zero-order valence-electron chi connectivity index (χ0n) is 11.8. The van der Waals surface area contributed by atoms with Crippen molar-refractivity contribution in [1.82, 2.24) is 9.13 Å². The number of nitrogens with zero attached hydrogens (tertiary/aromatic N) is 2. The summed E-state index contributed by atoms with van der Waals surface area (Å²) in [6.45, 7) is 5.85. The third-order valence-electron chi connectivity index (χ3n) is 2.97. The average molecular weight is 268 g/mol. The average Bonchev–Trinajstić information content (AvgIpc) is 2.39. The first-order chi connectivity index (χ1) is 9.52. The Morgan fingerprint density at radius 3 is 2.25 bits per heavy atom. The van der Waals surface area contributed by atoms with Crippen LogP contribution in [0.4, 0.5) is 0 Å². The summed E-state index contributed by atoms with van der Waals surface area (Å²) in [6, 6.07) is 5.78. The molecule has 0 radical (unpaired) electrons. The molecular weight excluding hydrogens is 252 g/mol. The van der Waals surface area contributed by atoms with Crippen molar-refractivity contribution in [2.75, 3.05) is 0 Å². The quantitative estimate of drug-likeness (QED) is 0.614. The Labute approximate surface area is 117 Å². The summed E-state index contributed by atoms with van der Waals surface area (Å²) in [5.41, 5.74) is 1.68. The van der Waals surface area contributed by atoms with Gasteiger partial charge < -0.3 is 0 Å². The molecule has 0 atom stereocenters. The van der Waals surface area contributed by atoms with Crippen LogP contribution >= 0.6 is 0 Å². The molecule has 4 nitrogen and oxygen atoms in total. The molecule has 0 bridgehead atoms. The van der Waals surface area contributed by atoms with Crippen LogP contribution in [0.25, 0.3) is 5.69 Å². The van der Waals surface area contributed by atoms with E-state index < -0.39 is 11.1 Å². The van der Waals surface area contributed by atoms with Crippen molar-refractivity contribution in [1.29, 1.82) is 0 Å². The maximum Gasteiger partial charge on any atom is 0.321 e. The molecule has 0 unspecified atom stereocenters. The second-order valence-electron chi connectivity index (χ2n) is 4.68. The first-order valence-corrected chi connectivity index (χ1v) is 6.33. The number of hydrogen-bond donors (Lipinski definition) is 0. The molecule has 0 N–H and O–H groups in total. The van der Waals surface area contributed by atoms with Gasteiger partial charge in [0.25, 0.3) is 0 Å². The predicted molar refractivity (Wildman–Crippen MR) is 79.2 cm³/mol. The fraction of sp³-hybridized carbons (Fsp3) is 0.250. The maximum atomic E-state index is 12.2. The zero-order chi connectivity index (χ0) is 14.7. The highest BCUT2D eigenvalue weighted by Crippen LogP contribution is 2.11. The van der Waals surface area contributed by atoms with Crippen molar-refractivity contribution in [3.63, 3.8) is 0 Å². The molecule has 0 spiro atoms. The van der Waals surface area contributed by atoms with Gasteiger partial charge in [-0.3, -0.25) is 18.7 Å². The number of rotatable bonds is 2. The number of hydrogen-bond acceptors (Lipinski definition) is 2. The smallest absolute Gasteiger partial charge is 0.298 e. The van der Waals surface area contributed by atoms with Gasteiger partial charge in [0, 0.05) is 18.1 Å². The molecule has 0 fully saturated rings. The maximum absolute atomic E-state index is 12.2. The molecule has 0 saturated carbocycles. The molecule has 0 amide bonds. The lowest BCUT2D eigenvalue weighted by Gasteiger charge is -2.09. The van der Waals surface area contributed by atoms with Gasteiger partial charge in [0.05, 0.1) is 6.54 Å². The van der Waals surface area contributed by atoms with E-state index in [1.165, 1.54) is 9.13 Å². The second-order valence-corrected chi connectivity index (χ2v) is 4.68. The highest BCUT2D eigenvalue weighted by Gasteiger charge is 2.06. The summed E-state index contributed by atoms with van der Waals surface area (Å²) in [6.07, 6.45) is 3.20. The normalized spacial score (nSPS) is 9.95. The van der Waals surface area contributed by atoms with Crippen LogP contribution in [0.2, 0.25) is 0 Å². The fourth-order valence-corrected chi connectivity index (χ4v) is 2.09. The molecule has 0 aliphatic carbocycles. The van der Waals surface area contributed by atoms with Crippen LogP contribution in [0.1, 0.15) is 18.1 Å². The van der Waals surface area contributed by atoms with Gasteiger partial charge in [0.15, 0.2) is 0 Å². The SMILES string of the molecule is CC#CCn1ccn(-c2cc(C)cc(C)c2)c(=O)c1=O. The molecule has 0 aliphatic heterocycles. The van der Waals surface area contributed by atoms with Gasteiger partial charge in [0.2, 0.25) is 0 Å². The summed E-state index contributed by atoms with van der Waals surface area (Å²) in [4.78, 5) is 24.2. The van der Waals surface area contributed by atoms with Crippen molar-refractivity contribution in [3.05, 3.63) is 62.4 Å². The van der Waals surface area contributed by atoms with Crippen LogP contribution in [0.15, 0.2) is 40.2 Å². The van der Waals surface area contributed by atoms with E-state index in [-0.39, 0.29) is 6.54 Å². The minimum absolute atomic E-state index is 0.234. The fourth-order valence-electron chi connectivity index (χ4n) is 2.09. The van der Waals surface area contributed by atoms with Gasteiger partial charge in [-0.15, -0.1) is 5.92 Å². The van der Waals surface area contributed by atoms with E-state index in [9.17, 15) is 9.59 Å². The first kappa shape index (κ1) is 13.9. The molecule has 20 heavy (non-hydrogen) atoms. The van der Waals surface area contributed by atoms with E-state index in [4.69, 9.17) is 0 Å². The van der Waals surface area contributed by atoms with Crippen LogP contribution < -0.4 is 11.1 Å². The summed E-state index contributed by atoms with van der Waals surface area (Å²) in [5, 5.41) is 0. The topological polar surface area (TPSA) is 44.0 Å². The van der Waals surface area contributed by atoms with Crippen LogP contribution in [0.5, 0.6) is 0 Å². The molecule has 4 heteroatoms. The summed E-state index contributed by atoms with van der Waals surface area (Å²) < 4.78 is 2.69. The van der Waals surface area contributed by atoms with E-state index in [1.54, 1.807) is 19.3 Å². The molecule has 2 aromatic rings. The van der Waals surface area contributed by atoms with Gasteiger partial charge in [-0.05, 0) is 44.0 Å². The summed E-state index contributed by atoms with van der Waals surface area (Å²) in [7, 11) is 0. The highest BCUT2D eigenvalue weighted by atomic mass is 16.2. The van der Waals surface area contributed by atoms with Gasteiger partial charge in [-0.2, -0.15) is 0 Å². The van der Waals surface area contributed by atoms with Crippen molar-refractivity contribution >= 4 is 0 Å².